The fourth-order valence-corrected chi connectivity index (χ4v) is 2.83. The molecule has 110 valence electrons. The minimum absolute atomic E-state index is 0.140. The number of carbonyl (C=O) groups excluding carboxylic acids is 1. The molecule has 4 heteroatoms. The molecule has 0 aliphatic carbocycles. The topological polar surface area (TPSA) is 38.3 Å². The lowest BCUT2D eigenvalue weighted by molar-refractivity contribution is -0.157. The zero-order valence-corrected chi connectivity index (χ0v) is 13.9. The highest BCUT2D eigenvalue weighted by molar-refractivity contribution is 9.10. The highest BCUT2D eigenvalue weighted by atomic mass is 79.9. The largest absolute Gasteiger partial charge is 0.459 e. The monoisotopic (exact) mass is 339 g/mol. The molecule has 0 unspecified atom stereocenters. The van der Waals surface area contributed by atoms with E-state index in [-0.39, 0.29) is 17.9 Å². The highest BCUT2D eigenvalue weighted by Gasteiger charge is 2.34. The van der Waals surface area contributed by atoms with Crippen LogP contribution in [0.2, 0.25) is 0 Å². The number of carbonyl (C=O) groups is 1. The van der Waals surface area contributed by atoms with Gasteiger partial charge in [-0.1, -0.05) is 28.1 Å². The molecule has 20 heavy (non-hydrogen) atoms. The van der Waals surface area contributed by atoms with Crippen LogP contribution in [0.3, 0.4) is 0 Å². The Bertz CT molecular complexity index is 458. The molecule has 1 saturated heterocycles. The average molecular weight is 340 g/mol. The molecule has 2 rings (SSSR count). The van der Waals surface area contributed by atoms with E-state index in [0.717, 1.165) is 29.4 Å². The maximum atomic E-state index is 12.6. The number of benzene rings is 1. The van der Waals surface area contributed by atoms with Gasteiger partial charge in [0.05, 0.1) is 5.92 Å². The maximum Gasteiger partial charge on any atom is 0.315 e. The predicted molar refractivity (Wildman–Crippen MR) is 83.8 cm³/mol. The van der Waals surface area contributed by atoms with Crippen molar-refractivity contribution in [2.75, 3.05) is 6.54 Å². The summed E-state index contributed by atoms with van der Waals surface area (Å²) in [5.41, 5.74) is 0.561. The van der Waals surface area contributed by atoms with Gasteiger partial charge >= 0.3 is 5.97 Å². The van der Waals surface area contributed by atoms with E-state index in [1.165, 1.54) is 0 Å². The van der Waals surface area contributed by atoms with Crippen molar-refractivity contribution in [3.8, 4) is 0 Å². The summed E-state index contributed by atoms with van der Waals surface area (Å²) in [6.45, 7) is 6.70. The van der Waals surface area contributed by atoms with Crippen molar-refractivity contribution in [2.24, 2.45) is 0 Å². The molecule has 0 bridgehead atoms. The summed E-state index contributed by atoms with van der Waals surface area (Å²) in [6.07, 6.45) is 2.13. The predicted octanol–water partition coefficient (Wildman–Crippen LogP) is 3.63. The smallest absolute Gasteiger partial charge is 0.315 e. The molecule has 1 heterocycles. The van der Waals surface area contributed by atoms with Crippen molar-refractivity contribution >= 4 is 21.9 Å². The lowest BCUT2D eigenvalue weighted by atomic mass is 9.90. The zero-order valence-electron chi connectivity index (χ0n) is 12.3. The number of halogens is 1. The van der Waals surface area contributed by atoms with Crippen LogP contribution in [-0.4, -0.2) is 24.2 Å². The molecule has 1 N–H and O–H groups in total. The van der Waals surface area contributed by atoms with E-state index in [1.54, 1.807) is 0 Å². The molecule has 0 aromatic heterocycles. The molecule has 1 fully saturated rings. The Balaban J connectivity index is 2.24. The van der Waals surface area contributed by atoms with E-state index < -0.39 is 5.60 Å². The second kappa shape index (κ2) is 6.27. The van der Waals surface area contributed by atoms with Gasteiger partial charge in [-0.3, -0.25) is 4.79 Å². The van der Waals surface area contributed by atoms with Crippen LogP contribution in [0.4, 0.5) is 0 Å². The van der Waals surface area contributed by atoms with Crippen LogP contribution in [0.15, 0.2) is 28.7 Å². The van der Waals surface area contributed by atoms with Gasteiger partial charge in [0.15, 0.2) is 0 Å². The van der Waals surface area contributed by atoms with Crippen LogP contribution in [-0.2, 0) is 9.53 Å². The van der Waals surface area contributed by atoms with E-state index in [1.807, 2.05) is 45.0 Å². The van der Waals surface area contributed by atoms with Gasteiger partial charge in [0.2, 0.25) is 0 Å². The molecule has 0 amide bonds. The number of nitrogens with one attached hydrogen (secondary N) is 1. The molecule has 1 aromatic carbocycles. The number of esters is 1. The number of ether oxygens (including phenoxy) is 1. The summed E-state index contributed by atoms with van der Waals surface area (Å²) in [5.74, 6) is -0.371. The Morgan fingerprint density at radius 3 is 2.50 bits per heavy atom. The Kier molecular flexibility index (Phi) is 4.86. The number of hydrogen-bond donors (Lipinski definition) is 1. The zero-order chi connectivity index (χ0) is 14.8. The lowest BCUT2D eigenvalue weighted by Gasteiger charge is -2.27. The van der Waals surface area contributed by atoms with Gasteiger partial charge < -0.3 is 10.1 Å². The summed E-state index contributed by atoms with van der Waals surface area (Å²) in [7, 11) is 0. The lowest BCUT2D eigenvalue weighted by Crippen LogP contribution is -2.37. The highest BCUT2D eigenvalue weighted by Crippen LogP contribution is 2.29. The normalized spacial score (nSPS) is 20.7. The van der Waals surface area contributed by atoms with Crippen molar-refractivity contribution in [1.82, 2.24) is 5.32 Å². The standard InChI is InChI=1S/C16H22BrNO2/c1-16(2,3)20-15(19)14(13-5-4-10-18-13)11-6-8-12(17)9-7-11/h6-9,13-14,18H,4-5,10H2,1-3H3/t13-,14+/m1/s1. The second-order valence-electron chi connectivity index (χ2n) is 6.27. The van der Waals surface area contributed by atoms with Crippen LogP contribution < -0.4 is 5.32 Å². The maximum absolute atomic E-state index is 12.6. The molecule has 1 aromatic rings. The molecule has 2 atom stereocenters. The summed E-state index contributed by atoms with van der Waals surface area (Å²) in [4.78, 5) is 12.6. The SMILES string of the molecule is CC(C)(C)OC(=O)[C@@H](c1ccc(Br)cc1)[C@H]1CCCN1. The first kappa shape index (κ1) is 15.5. The Labute approximate surface area is 129 Å². The summed E-state index contributed by atoms with van der Waals surface area (Å²) < 4.78 is 6.62. The van der Waals surface area contributed by atoms with Crippen molar-refractivity contribution in [1.29, 1.82) is 0 Å². The minimum Gasteiger partial charge on any atom is -0.459 e. The fraction of sp³-hybridized carbons (Fsp3) is 0.562. The second-order valence-corrected chi connectivity index (χ2v) is 7.18. The molecular formula is C16H22BrNO2. The summed E-state index contributed by atoms with van der Waals surface area (Å²) in [5, 5.41) is 3.42. The third-order valence-electron chi connectivity index (χ3n) is 3.39. The number of rotatable bonds is 3. The van der Waals surface area contributed by atoms with Gasteiger partial charge in [-0.05, 0) is 57.9 Å². The van der Waals surface area contributed by atoms with Gasteiger partial charge in [-0.25, -0.2) is 0 Å². The fourth-order valence-electron chi connectivity index (χ4n) is 2.56. The van der Waals surface area contributed by atoms with Crippen LogP contribution in [0, 0.1) is 0 Å². The van der Waals surface area contributed by atoms with Crippen LogP contribution in [0.25, 0.3) is 0 Å². The van der Waals surface area contributed by atoms with E-state index in [0.29, 0.717) is 0 Å². The Morgan fingerprint density at radius 1 is 1.35 bits per heavy atom. The molecule has 1 aliphatic heterocycles. The van der Waals surface area contributed by atoms with Gasteiger partial charge in [-0.15, -0.1) is 0 Å². The minimum atomic E-state index is -0.455. The Morgan fingerprint density at radius 2 is 2.00 bits per heavy atom. The summed E-state index contributed by atoms with van der Waals surface area (Å²) >= 11 is 3.43. The average Bonchev–Trinajstić information content (AvgIpc) is 2.83. The first-order chi connectivity index (χ1) is 9.37. The summed E-state index contributed by atoms with van der Waals surface area (Å²) in [6, 6.07) is 8.12. The van der Waals surface area contributed by atoms with Crippen molar-refractivity contribution < 1.29 is 9.53 Å². The van der Waals surface area contributed by atoms with Gasteiger partial charge in [-0.2, -0.15) is 0 Å². The van der Waals surface area contributed by atoms with Crippen LogP contribution in [0.1, 0.15) is 45.1 Å². The molecule has 0 saturated carbocycles. The third kappa shape index (κ3) is 4.06. The first-order valence-electron chi connectivity index (χ1n) is 7.08. The molecule has 3 nitrogen and oxygen atoms in total. The van der Waals surface area contributed by atoms with Gasteiger partial charge in [0.25, 0.3) is 0 Å². The quantitative estimate of drug-likeness (QED) is 0.854. The van der Waals surface area contributed by atoms with E-state index in [4.69, 9.17) is 4.74 Å². The Hall–Kier alpha value is -0.870. The van der Waals surface area contributed by atoms with Crippen LogP contribution >= 0.6 is 15.9 Å². The molecular weight excluding hydrogens is 318 g/mol. The van der Waals surface area contributed by atoms with Gasteiger partial charge in [0.1, 0.15) is 5.60 Å². The van der Waals surface area contributed by atoms with Crippen molar-refractivity contribution in [3.05, 3.63) is 34.3 Å². The van der Waals surface area contributed by atoms with Crippen molar-refractivity contribution in [2.45, 2.75) is 51.2 Å². The third-order valence-corrected chi connectivity index (χ3v) is 3.92. The van der Waals surface area contributed by atoms with E-state index in [9.17, 15) is 4.79 Å². The van der Waals surface area contributed by atoms with Gasteiger partial charge in [0, 0.05) is 10.5 Å². The van der Waals surface area contributed by atoms with Crippen LogP contribution in [0.5, 0.6) is 0 Å². The molecule has 0 radical (unpaired) electrons. The number of hydrogen-bond acceptors (Lipinski definition) is 3. The van der Waals surface area contributed by atoms with Crippen molar-refractivity contribution in [3.63, 3.8) is 0 Å². The first-order valence-corrected chi connectivity index (χ1v) is 7.88. The molecule has 0 spiro atoms. The van der Waals surface area contributed by atoms with E-state index in [2.05, 4.69) is 21.2 Å². The molecule has 1 aliphatic rings. The van der Waals surface area contributed by atoms with E-state index >= 15 is 0 Å².